The van der Waals surface area contributed by atoms with Crippen molar-refractivity contribution < 1.29 is 9.47 Å². The van der Waals surface area contributed by atoms with Gasteiger partial charge in [0.1, 0.15) is 11.5 Å². The maximum Gasteiger partial charge on any atom is 0.127 e. The van der Waals surface area contributed by atoms with Gasteiger partial charge in [-0.25, -0.2) is 0 Å². The van der Waals surface area contributed by atoms with Crippen molar-refractivity contribution in [3.05, 3.63) is 22.8 Å². The van der Waals surface area contributed by atoms with Crippen LogP contribution in [0.15, 0.2) is 6.07 Å². The van der Waals surface area contributed by atoms with Gasteiger partial charge in [0, 0.05) is 11.6 Å². The Kier molecular flexibility index (Phi) is 5.44. The van der Waals surface area contributed by atoms with Gasteiger partial charge in [0.05, 0.1) is 14.2 Å². The van der Waals surface area contributed by atoms with Crippen molar-refractivity contribution in [2.24, 2.45) is 5.73 Å². The van der Waals surface area contributed by atoms with Crippen LogP contribution in [0.3, 0.4) is 0 Å². The highest BCUT2D eigenvalue weighted by Gasteiger charge is 2.19. The van der Waals surface area contributed by atoms with E-state index in [1.54, 1.807) is 14.2 Å². The summed E-state index contributed by atoms with van der Waals surface area (Å²) >= 11 is 0. The minimum absolute atomic E-state index is 0.179. The lowest BCUT2D eigenvalue weighted by Gasteiger charge is -2.22. The molecule has 0 saturated carbocycles. The molecule has 0 saturated heterocycles. The molecule has 1 aromatic carbocycles. The zero-order chi connectivity index (χ0) is 13.7. The summed E-state index contributed by atoms with van der Waals surface area (Å²) < 4.78 is 11.0. The lowest BCUT2D eigenvalue weighted by atomic mass is 9.96. The molecule has 1 rings (SSSR count). The third kappa shape index (κ3) is 2.76. The first kappa shape index (κ1) is 14.8. The van der Waals surface area contributed by atoms with Crippen molar-refractivity contribution in [2.45, 2.75) is 26.3 Å². The summed E-state index contributed by atoms with van der Waals surface area (Å²) in [5.41, 5.74) is 8.99. The Morgan fingerprint density at radius 2 is 1.89 bits per heavy atom. The van der Waals surface area contributed by atoms with Crippen LogP contribution < -0.4 is 20.5 Å². The second-order valence-electron chi connectivity index (χ2n) is 4.37. The maximum absolute atomic E-state index is 5.66. The van der Waals surface area contributed by atoms with Crippen LogP contribution in [0, 0.1) is 13.8 Å². The first-order chi connectivity index (χ1) is 8.60. The molecule has 0 heterocycles. The third-order valence-corrected chi connectivity index (χ3v) is 3.42. The van der Waals surface area contributed by atoms with E-state index in [0.29, 0.717) is 6.54 Å². The van der Waals surface area contributed by atoms with Crippen LogP contribution >= 0.6 is 0 Å². The standard InChI is InChI=1S/C14H24N2O2/c1-9-10(2)14(18-5)11(8-13(9)17-4)12(16-3)6-7-15/h8,12,16H,6-7,15H2,1-5H3. The number of benzene rings is 1. The summed E-state index contributed by atoms with van der Waals surface area (Å²) in [6, 6.07) is 2.22. The van der Waals surface area contributed by atoms with Crippen LogP contribution in [-0.4, -0.2) is 27.8 Å². The predicted molar refractivity (Wildman–Crippen MR) is 74.5 cm³/mol. The molecule has 18 heavy (non-hydrogen) atoms. The quantitative estimate of drug-likeness (QED) is 0.812. The lowest BCUT2D eigenvalue weighted by Crippen LogP contribution is -2.21. The number of nitrogens with two attached hydrogens (primary N) is 1. The summed E-state index contributed by atoms with van der Waals surface area (Å²) in [7, 11) is 5.32. The minimum atomic E-state index is 0.179. The van der Waals surface area contributed by atoms with E-state index in [1.807, 2.05) is 20.0 Å². The molecule has 1 atom stereocenters. The molecule has 0 aromatic heterocycles. The number of hydrogen-bond donors (Lipinski definition) is 2. The average molecular weight is 252 g/mol. The molecule has 0 radical (unpaired) electrons. The second kappa shape index (κ2) is 6.61. The highest BCUT2D eigenvalue weighted by Crippen LogP contribution is 2.37. The minimum Gasteiger partial charge on any atom is -0.496 e. The molecule has 0 aliphatic carbocycles. The summed E-state index contributed by atoms with van der Waals surface area (Å²) in [6.45, 7) is 4.72. The molecule has 0 fully saturated rings. The van der Waals surface area contributed by atoms with Crippen LogP contribution in [0.5, 0.6) is 11.5 Å². The molecular formula is C14H24N2O2. The van der Waals surface area contributed by atoms with Crippen molar-refractivity contribution in [3.63, 3.8) is 0 Å². The van der Waals surface area contributed by atoms with Crippen LogP contribution in [0.2, 0.25) is 0 Å². The van der Waals surface area contributed by atoms with E-state index in [9.17, 15) is 0 Å². The van der Waals surface area contributed by atoms with E-state index in [-0.39, 0.29) is 6.04 Å². The summed E-state index contributed by atoms with van der Waals surface area (Å²) in [6.07, 6.45) is 0.860. The Morgan fingerprint density at radius 3 is 2.33 bits per heavy atom. The largest absolute Gasteiger partial charge is 0.496 e. The van der Waals surface area contributed by atoms with E-state index in [2.05, 4.69) is 12.2 Å². The zero-order valence-electron chi connectivity index (χ0n) is 12.0. The molecule has 4 nitrogen and oxygen atoms in total. The zero-order valence-corrected chi connectivity index (χ0v) is 12.0. The fraction of sp³-hybridized carbons (Fsp3) is 0.571. The first-order valence-corrected chi connectivity index (χ1v) is 6.20. The number of methoxy groups -OCH3 is 2. The molecule has 0 spiro atoms. The van der Waals surface area contributed by atoms with Crippen LogP contribution in [0.25, 0.3) is 0 Å². The van der Waals surface area contributed by atoms with Gasteiger partial charge in [-0.05, 0) is 51.1 Å². The number of ether oxygens (including phenoxy) is 2. The molecule has 1 unspecified atom stereocenters. The predicted octanol–water partition coefficient (Wildman–Crippen LogP) is 1.93. The van der Waals surface area contributed by atoms with Gasteiger partial charge >= 0.3 is 0 Å². The Morgan fingerprint density at radius 1 is 1.22 bits per heavy atom. The Labute approximate surface area is 109 Å². The van der Waals surface area contributed by atoms with E-state index in [0.717, 1.165) is 34.6 Å². The van der Waals surface area contributed by atoms with Crippen molar-refractivity contribution in [2.75, 3.05) is 27.8 Å². The van der Waals surface area contributed by atoms with Gasteiger partial charge in [0.25, 0.3) is 0 Å². The van der Waals surface area contributed by atoms with Crippen LogP contribution in [-0.2, 0) is 0 Å². The highest BCUT2D eigenvalue weighted by molar-refractivity contribution is 5.53. The molecule has 0 amide bonds. The van der Waals surface area contributed by atoms with E-state index < -0.39 is 0 Å². The Bertz CT molecular complexity index is 405. The molecule has 4 heteroatoms. The van der Waals surface area contributed by atoms with Gasteiger partial charge in [-0.1, -0.05) is 0 Å². The van der Waals surface area contributed by atoms with Crippen molar-refractivity contribution in [1.82, 2.24) is 5.32 Å². The van der Waals surface area contributed by atoms with Crippen molar-refractivity contribution in [3.8, 4) is 11.5 Å². The SMILES string of the molecule is CNC(CCN)c1cc(OC)c(C)c(C)c1OC. The van der Waals surface area contributed by atoms with Gasteiger partial charge < -0.3 is 20.5 Å². The average Bonchev–Trinajstić information content (AvgIpc) is 2.39. The van der Waals surface area contributed by atoms with E-state index in [4.69, 9.17) is 15.2 Å². The molecule has 1 aromatic rings. The van der Waals surface area contributed by atoms with Gasteiger partial charge in [-0.2, -0.15) is 0 Å². The molecule has 0 bridgehead atoms. The number of nitrogens with one attached hydrogen (secondary N) is 1. The second-order valence-corrected chi connectivity index (χ2v) is 4.37. The highest BCUT2D eigenvalue weighted by atomic mass is 16.5. The molecular weight excluding hydrogens is 228 g/mol. The topological polar surface area (TPSA) is 56.5 Å². The normalized spacial score (nSPS) is 12.3. The Hall–Kier alpha value is -1.26. The van der Waals surface area contributed by atoms with Gasteiger partial charge in [-0.3, -0.25) is 0 Å². The number of hydrogen-bond acceptors (Lipinski definition) is 4. The first-order valence-electron chi connectivity index (χ1n) is 6.20. The van der Waals surface area contributed by atoms with Crippen LogP contribution in [0.4, 0.5) is 0 Å². The number of rotatable bonds is 6. The summed E-state index contributed by atoms with van der Waals surface area (Å²) in [5, 5.41) is 3.28. The maximum atomic E-state index is 5.66. The molecule has 3 N–H and O–H groups in total. The molecule has 0 aliphatic rings. The summed E-state index contributed by atoms with van der Waals surface area (Å²) in [4.78, 5) is 0. The molecule has 102 valence electrons. The van der Waals surface area contributed by atoms with Crippen molar-refractivity contribution in [1.29, 1.82) is 0 Å². The van der Waals surface area contributed by atoms with E-state index in [1.165, 1.54) is 0 Å². The van der Waals surface area contributed by atoms with Crippen LogP contribution in [0.1, 0.15) is 29.2 Å². The monoisotopic (exact) mass is 252 g/mol. The van der Waals surface area contributed by atoms with Gasteiger partial charge in [0.2, 0.25) is 0 Å². The fourth-order valence-corrected chi connectivity index (χ4v) is 2.25. The smallest absolute Gasteiger partial charge is 0.127 e. The lowest BCUT2D eigenvalue weighted by molar-refractivity contribution is 0.384. The van der Waals surface area contributed by atoms with Gasteiger partial charge in [0.15, 0.2) is 0 Å². The fourth-order valence-electron chi connectivity index (χ4n) is 2.25. The Balaban J connectivity index is 3.35. The van der Waals surface area contributed by atoms with E-state index >= 15 is 0 Å². The van der Waals surface area contributed by atoms with Gasteiger partial charge in [-0.15, -0.1) is 0 Å². The van der Waals surface area contributed by atoms with Crippen molar-refractivity contribution >= 4 is 0 Å². The summed E-state index contributed by atoms with van der Waals surface area (Å²) in [5.74, 6) is 1.81. The molecule has 0 aliphatic heterocycles. The third-order valence-electron chi connectivity index (χ3n) is 3.42.